The molecule has 0 amide bonds. The third kappa shape index (κ3) is 2.77. The lowest BCUT2D eigenvalue weighted by Crippen LogP contribution is -2.34. The zero-order valence-corrected chi connectivity index (χ0v) is 6.79. The number of nitrogens with one attached hydrogen (secondary N) is 1. The van der Waals surface area contributed by atoms with Crippen molar-refractivity contribution < 1.29 is 10.2 Å². The average Bonchev–Trinajstić information content (AvgIpc) is 2.07. The van der Waals surface area contributed by atoms with Crippen LogP contribution >= 0.6 is 0 Å². The summed E-state index contributed by atoms with van der Waals surface area (Å²) in [5.74, 6) is 0.406. The van der Waals surface area contributed by atoms with Crippen LogP contribution in [0, 0.1) is 5.92 Å². The molecule has 1 rings (SSSR count). The van der Waals surface area contributed by atoms with Crippen molar-refractivity contribution in [1.82, 2.24) is 5.32 Å². The Morgan fingerprint density at radius 1 is 1.36 bits per heavy atom. The summed E-state index contributed by atoms with van der Waals surface area (Å²) < 4.78 is 0. The first-order valence-corrected chi connectivity index (χ1v) is 4.34. The fourth-order valence-corrected chi connectivity index (χ4v) is 1.60. The molecule has 3 heteroatoms. The predicted molar refractivity (Wildman–Crippen MR) is 43.3 cm³/mol. The van der Waals surface area contributed by atoms with Crippen molar-refractivity contribution in [3.8, 4) is 0 Å². The molecule has 3 nitrogen and oxygen atoms in total. The third-order valence-electron chi connectivity index (χ3n) is 2.35. The smallest absolute Gasteiger partial charge is 0.0591 e. The van der Waals surface area contributed by atoms with Crippen molar-refractivity contribution >= 4 is 0 Å². The van der Waals surface area contributed by atoms with Gasteiger partial charge in [-0.2, -0.15) is 0 Å². The monoisotopic (exact) mass is 159 g/mol. The molecule has 0 aromatic rings. The van der Waals surface area contributed by atoms with Gasteiger partial charge in [-0.05, 0) is 38.3 Å². The van der Waals surface area contributed by atoms with Gasteiger partial charge in [0.2, 0.25) is 0 Å². The van der Waals surface area contributed by atoms with Gasteiger partial charge in [0, 0.05) is 6.61 Å². The van der Waals surface area contributed by atoms with E-state index in [-0.39, 0.29) is 12.7 Å². The Bertz CT molecular complexity index is 102. The van der Waals surface area contributed by atoms with E-state index < -0.39 is 0 Å². The Labute approximate surface area is 67.4 Å². The molecular formula is C8H17NO2. The summed E-state index contributed by atoms with van der Waals surface area (Å²) in [6.07, 6.45) is 2.33. The standard InChI is InChI=1S/C8H17NO2/c10-6-3-8(11)7-1-4-9-5-2-7/h7-11H,1-6H2/t8-/m1/s1. The fourth-order valence-electron chi connectivity index (χ4n) is 1.60. The number of piperidine rings is 1. The minimum Gasteiger partial charge on any atom is -0.396 e. The second-order valence-electron chi connectivity index (χ2n) is 3.17. The SMILES string of the molecule is OCC[C@@H](O)C1CCNCC1. The quantitative estimate of drug-likeness (QED) is 0.531. The number of aliphatic hydroxyl groups is 2. The summed E-state index contributed by atoms with van der Waals surface area (Å²) in [6.45, 7) is 2.12. The molecule has 1 fully saturated rings. The van der Waals surface area contributed by atoms with Gasteiger partial charge in [-0.3, -0.25) is 0 Å². The number of hydrogen-bond donors (Lipinski definition) is 3. The van der Waals surface area contributed by atoms with E-state index in [9.17, 15) is 5.11 Å². The van der Waals surface area contributed by atoms with E-state index in [1.807, 2.05) is 0 Å². The lowest BCUT2D eigenvalue weighted by atomic mass is 9.91. The molecule has 66 valence electrons. The van der Waals surface area contributed by atoms with Crippen molar-refractivity contribution in [3.63, 3.8) is 0 Å². The van der Waals surface area contributed by atoms with Crippen LogP contribution in [0.5, 0.6) is 0 Å². The Morgan fingerprint density at radius 3 is 2.55 bits per heavy atom. The van der Waals surface area contributed by atoms with Crippen molar-refractivity contribution in [2.45, 2.75) is 25.4 Å². The van der Waals surface area contributed by atoms with E-state index in [2.05, 4.69) is 5.32 Å². The maximum atomic E-state index is 9.49. The first-order valence-electron chi connectivity index (χ1n) is 4.34. The fraction of sp³-hybridized carbons (Fsp3) is 1.00. The molecule has 1 aliphatic heterocycles. The van der Waals surface area contributed by atoms with Crippen LogP contribution in [0.2, 0.25) is 0 Å². The highest BCUT2D eigenvalue weighted by Crippen LogP contribution is 2.17. The molecule has 0 saturated carbocycles. The van der Waals surface area contributed by atoms with Gasteiger partial charge < -0.3 is 15.5 Å². The summed E-state index contributed by atoms with van der Waals surface area (Å²) >= 11 is 0. The molecule has 1 atom stereocenters. The molecule has 3 N–H and O–H groups in total. The first-order chi connectivity index (χ1) is 5.34. The lowest BCUT2D eigenvalue weighted by Gasteiger charge is -2.26. The van der Waals surface area contributed by atoms with Gasteiger partial charge in [-0.15, -0.1) is 0 Å². The molecular weight excluding hydrogens is 142 g/mol. The summed E-state index contributed by atoms with van der Waals surface area (Å²) in [6, 6.07) is 0. The molecule has 0 bridgehead atoms. The Kier molecular flexibility index (Phi) is 3.83. The number of hydrogen-bond acceptors (Lipinski definition) is 3. The van der Waals surface area contributed by atoms with Crippen LogP contribution in [0.3, 0.4) is 0 Å². The van der Waals surface area contributed by atoms with Crippen LogP contribution in [0.15, 0.2) is 0 Å². The average molecular weight is 159 g/mol. The van der Waals surface area contributed by atoms with Crippen molar-refractivity contribution in [2.75, 3.05) is 19.7 Å². The Morgan fingerprint density at radius 2 is 2.00 bits per heavy atom. The summed E-state index contributed by atoms with van der Waals surface area (Å²) in [5, 5.41) is 21.3. The molecule has 0 aromatic heterocycles. The molecule has 1 saturated heterocycles. The van der Waals surface area contributed by atoms with Crippen LogP contribution in [-0.2, 0) is 0 Å². The molecule has 0 unspecified atom stereocenters. The van der Waals surface area contributed by atoms with Crippen LogP contribution in [0.25, 0.3) is 0 Å². The van der Waals surface area contributed by atoms with Crippen molar-refractivity contribution in [2.24, 2.45) is 5.92 Å². The Hall–Kier alpha value is -0.120. The third-order valence-corrected chi connectivity index (χ3v) is 2.35. The maximum absolute atomic E-state index is 9.49. The normalized spacial score (nSPS) is 23.5. The molecule has 0 aromatic carbocycles. The van der Waals surface area contributed by atoms with Crippen molar-refractivity contribution in [3.05, 3.63) is 0 Å². The minimum atomic E-state index is -0.290. The summed E-state index contributed by atoms with van der Waals surface area (Å²) in [4.78, 5) is 0. The van der Waals surface area contributed by atoms with Gasteiger partial charge in [0.25, 0.3) is 0 Å². The molecule has 0 aliphatic carbocycles. The van der Waals surface area contributed by atoms with Gasteiger partial charge >= 0.3 is 0 Å². The van der Waals surface area contributed by atoms with Gasteiger partial charge in [0.05, 0.1) is 6.10 Å². The molecule has 1 heterocycles. The molecule has 0 spiro atoms. The van der Waals surface area contributed by atoms with Gasteiger partial charge in [0.15, 0.2) is 0 Å². The predicted octanol–water partition coefficient (Wildman–Crippen LogP) is -0.271. The van der Waals surface area contributed by atoms with Gasteiger partial charge in [0.1, 0.15) is 0 Å². The first kappa shape index (κ1) is 8.97. The summed E-state index contributed by atoms with van der Waals surface area (Å²) in [5.41, 5.74) is 0. The Balaban J connectivity index is 2.21. The van der Waals surface area contributed by atoms with E-state index in [0.29, 0.717) is 12.3 Å². The van der Waals surface area contributed by atoms with Gasteiger partial charge in [-0.25, -0.2) is 0 Å². The number of aliphatic hydroxyl groups excluding tert-OH is 2. The van der Waals surface area contributed by atoms with E-state index in [1.54, 1.807) is 0 Å². The zero-order chi connectivity index (χ0) is 8.10. The second kappa shape index (κ2) is 4.70. The van der Waals surface area contributed by atoms with Crippen LogP contribution in [-0.4, -0.2) is 36.0 Å². The largest absolute Gasteiger partial charge is 0.396 e. The zero-order valence-electron chi connectivity index (χ0n) is 6.79. The van der Waals surface area contributed by atoms with E-state index in [4.69, 9.17) is 5.11 Å². The highest BCUT2D eigenvalue weighted by molar-refractivity contribution is 4.74. The van der Waals surface area contributed by atoms with Gasteiger partial charge in [-0.1, -0.05) is 0 Å². The van der Waals surface area contributed by atoms with Crippen LogP contribution in [0.1, 0.15) is 19.3 Å². The van der Waals surface area contributed by atoms with Crippen molar-refractivity contribution in [1.29, 1.82) is 0 Å². The minimum absolute atomic E-state index is 0.102. The number of rotatable bonds is 3. The van der Waals surface area contributed by atoms with E-state index in [0.717, 1.165) is 25.9 Å². The lowest BCUT2D eigenvalue weighted by molar-refractivity contribution is 0.0640. The second-order valence-corrected chi connectivity index (χ2v) is 3.17. The van der Waals surface area contributed by atoms with Crippen LogP contribution < -0.4 is 5.32 Å². The molecule has 0 radical (unpaired) electrons. The topological polar surface area (TPSA) is 52.5 Å². The highest BCUT2D eigenvalue weighted by atomic mass is 16.3. The summed E-state index contributed by atoms with van der Waals surface area (Å²) in [7, 11) is 0. The molecule has 1 aliphatic rings. The highest BCUT2D eigenvalue weighted by Gasteiger charge is 2.20. The van der Waals surface area contributed by atoms with Crippen LogP contribution in [0.4, 0.5) is 0 Å². The van der Waals surface area contributed by atoms with E-state index >= 15 is 0 Å². The van der Waals surface area contributed by atoms with E-state index in [1.165, 1.54) is 0 Å². The maximum Gasteiger partial charge on any atom is 0.0591 e. The molecule has 11 heavy (non-hydrogen) atoms.